The summed E-state index contributed by atoms with van der Waals surface area (Å²) in [6.45, 7) is 0. The van der Waals surface area contributed by atoms with Gasteiger partial charge in [-0.3, -0.25) is 0 Å². The Morgan fingerprint density at radius 3 is 1.26 bits per heavy atom. The zero-order chi connectivity index (χ0) is 40.5. The number of fused-ring (bicyclic) bond motifs is 3. The fraction of sp³-hybridized carbons (Fsp3) is 0. The normalized spacial score (nSPS) is 11.3. The van der Waals surface area contributed by atoms with Crippen molar-refractivity contribution in [1.29, 1.82) is 0 Å². The first kappa shape index (κ1) is 35.9. The zero-order valence-corrected chi connectivity index (χ0v) is 33.1. The summed E-state index contributed by atoms with van der Waals surface area (Å²) in [7, 11) is 0. The summed E-state index contributed by atoms with van der Waals surface area (Å²) in [5, 5.41) is 2.11. The SMILES string of the molecule is c1ccc(-c2ccc(-c3cccc(-c4cccc5oc6cc(-c7nc(-c8ccccc8)nc(-c8cc(-c9ccccc9)cc(-c9ccccc9)c8)n7)ccc6c45)c3)cc2)cc1. The lowest BCUT2D eigenvalue weighted by Crippen LogP contribution is -2.00. The molecule has 4 heteroatoms. The smallest absolute Gasteiger partial charge is 0.164 e. The van der Waals surface area contributed by atoms with Gasteiger partial charge in [-0.15, -0.1) is 0 Å². The molecule has 2 aromatic heterocycles. The van der Waals surface area contributed by atoms with Crippen LogP contribution in [0.15, 0.2) is 229 Å². The molecule has 0 bridgehead atoms. The van der Waals surface area contributed by atoms with E-state index >= 15 is 0 Å². The molecular weight excluding hydrogens is 743 g/mol. The van der Waals surface area contributed by atoms with Crippen LogP contribution in [0.4, 0.5) is 0 Å². The highest BCUT2D eigenvalue weighted by Gasteiger charge is 2.18. The Hall–Kier alpha value is -8.21. The van der Waals surface area contributed by atoms with Crippen molar-refractivity contribution in [2.45, 2.75) is 0 Å². The van der Waals surface area contributed by atoms with Crippen molar-refractivity contribution in [2.75, 3.05) is 0 Å². The molecule has 0 aliphatic rings. The third kappa shape index (κ3) is 7.07. The van der Waals surface area contributed by atoms with Crippen molar-refractivity contribution in [2.24, 2.45) is 0 Å². The van der Waals surface area contributed by atoms with Gasteiger partial charge in [-0.2, -0.15) is 0 Å². The molecule has 11 aromatic rings. The first-order chi connectivity index (χ1) is 30.2. The molecule has 0 saturated heterocycles. The Morgan fingerprint density at radius 1 is 0.246 bits per heavy atom. The largest absolute Gasteiger partial charge is 0.456 e. The second-order valence-corrected chi connectivity index (χ2v) is 15.2. The monoisotopic (exact) mass is 779 g/mol. The van der Waals surface area contributed by atoms with Crippen molar-refractivity contribution in [3.8, 4) is 89.8 Å². The molecule has 2 heterocycles. The van der Waals surface area contributed by atoms with E-state index < -0.39 is 0 Å². The van der Waals surface area contributed by atoms with Crippen molar-refractivity contribution < 1.29 is 4.42 Å². The van der Waals surface area contributed by atoms with Crippen LogP contribution >= 0.6 is 0 Å². The van der Waals surface area contributed by atoms with Gasteiger partial charge in [-0.25, -0.2) is 15.0 Å². The van der Waals surface area contributed by atoms with Crippen LogP contribution in [0, 0.1) is 0 Å². The van der Waals surface area contributed by atoms with Gasteiger partial charge in [0.2, 0.25) is 0 Å². The van der Waals surface area contributed by atoms with Crippen LogP contribution in [-0.4, -0.2) is 15.0 Å². The van der Waals surface area contributed by atoms with Crippen molar-refractivity contribution in [3.63, 3.8) is 0 Å². The summed E-state index contributed by atoms with van der Waals surface area (Å²) in [4.78, 5) is 15.4. The summed E-state index contributed by atoms with van der Waals surface area (Å²) in [6, 6.07) is 78.2. The van der Waals surface area contributed by atoms with E-state index in [9.17, 15) is 0 Å². The molecule has 0 amide bonds. The molecule has 11 rings (SSSR count). The van der Waals surface area contributed by atoms with E-state index in [1.165, 1.54) is 16.7 Å². The highest BCUT2D eigenvalue weighted by molar-refractivity contribution is 6.13. The van der Waals surface area contributed by atoms with Crippen molar-refractivity contribution in [1.82, 2.24) is 15.0 Å². The average molecular weight is 780 g/mol. The standard InChI is InChI=1S/C57H37N3O/c1-5-15-38(16-6-1)41-27-29-42(30-28-41)44-23-13-24-45(33-44)50-25-14-26-52-54(50)51-32-31-46(37-53(51)61-52)56-58-55(43-21-11-4-12-22-43)59-57(60-56)49-35-47(39-17-7-2-8-18-39)34-48(36-49)40-19-9-3-10-20-40/h1-37H. The van der Waals surface area contributed by atoms with Crippen LogP contribution in [0.3, 0.4) is 0 Å². The summed E-state index contributed by atoms with van der Waals surface area (Å²) < 4.78 is 6.63. The van der Waals surface area contributed by atoms with Gasteiger partial charge >= 0.3 is 0 Å². The molecule has 0 fully saturated rings. The summed E-state index contributed by atoms with van der Waals surface area (Å²) >= 11 is 0. The molecule has 0 spiro atoms. The third-order valence-electron chi connectivity index (χ3n) is 11.3. The molecule has 0 aliphatic heterocycles. The number of benzene rings is 9. The third-order valence-corrected chi connectivity index (χ3v) is 11.3. The molecule has 0 saturated carbocycles. The predicted octanol–water partition coefficient (Wildman–Crippen LogP) is 15.1. The van der Waals surface area contributed by atoms with E-state index in [0.717, 1.165) is 77.6 Å². The van der Waals surface area contributed by atoms with Gasteiger partial charge in [0.1, 0.15) is 11.2 Å². The lowest BCUT2D eigenvalue weighted by Gasteiger charge is -2.12. The first-order valence-electron chi connectivity index (χ1n) is 20.5. The van der Waals surface area contributed by atoms with Crippen LogP contribution in [0.25, 0.3) is 112 Å². The summed E-state index contributed by atoms with van der Waals surface area (Å²) in [6.07, 6.45) is 0. The topological polar surface area (TPSA) is 51.8 Å². The van der Waals surface area contributed by atoms with Gasteiger partial charge < -0.3 is 4.42 Å². The van der Waals surface area contributed by atoms with Crippen LogP contribution in [0.2, 0.25) is 0 Å². The minimum absolute atomic E-state index is 0.573. The number of hydrogen-bond donors (Lipinski definition) is 0. The van der Waals surface area contributed by atoms with Crippen molar-refractivity contribution >= 4 is 21.9 Å². The predicted molar refractivity (Wildman–Crippen MR) is 251 cm³/mol. The summed E-state index contributed by atoms with van der Waals surface area (Å²) in [5.74, 6) is 1.78. The second-order valence-electron chi connectivity index (χ2n) is 15.2. The molecule has 4 nitrogen and oxygen atoms in total. The molecule has 286 valence electrons. The average Bonchev–Trinajstić information content (AvgIpc) is 3.73. The molecule has 9 aromatic carbocycles. The number of rotatable bonds is 8. The van der Waals surface area contributed by atoms with Gasteiger partial charge in [0.05, 0.1) is 0 Å². The highest BCUT2D eigenvalue weighted by atomic mass is 16.3. The van der Waals surface area contributed by atoms with Crippen molar-refractivity contribution in [3.05, 3.63) is 224 Å². The second kappa shape index (κ2) is 15.5. The Bertz CT molecular complexity index is 3270. The Morgan fingerprint density at radius 2 is 0.656 bits per heavy atom. The number of aromatic nitrogens is 3. The molecule has 0 atom stereocenters. The highest BCUT2D eigenvalue weighted by Crippen LogP contribution is 2.40. The van der Waals surface area contributed by atoms with Gasteiger partial charge in [-0.05, 0) is 98.1 Å². The van der Waals surface area contributed by atoms with Crippen LogP contribution in [0.5, 0.6) is 0 Å². The molecule has 0 radical (unpaired) electrons. The van der Waals surface area contributed by atoms with Gasteiger partial charge in [0.25, 0.3) is 0 Å². The van der Waals surface area contributed by atoms with Crippen LogP contribution in [0.1, 0.15) is 0 Å². The lowest BCUT2D eigenvalue weighted by molar-refractivity contribution is 0.669. The molecular formula is C57H37N3O. The molecule has 0 aliphatic carbocycles. The fourth-order valence-electron chi connectivity index (χ4n) is 8.26. The van der Waals surface area contributed by atoms with E-state index in [4.69, 9.17) is 19.4 Å². The van der Waals surface area contributed by atoms with E-state index in [1.807, 2.05) is 54.6 Å². The molecule has 61 heavy (non-hydrogen) atoms. The van der Waals surface area contributed by atoms with Crippen LogP contribution in [-0.2, 0) is 0 Å². The van der Waals surface area contributed by atoms with E-state index in [2.05, 4.69) is 170 Å². The fourth-order valence-corrected chi connectivity index (χ4v) is 8.26. The molecule has 0 N–H and O–H groups in total. The lowest BCUT2D eigenvalue weighted by atomic mass is 9.95. The quantitative estimate of drug-likeness (QED) is 0.154. The maximum Gasteiger partial charge on any atom is 0.164 e. The van der Waals surface area contributed by atoms with E-state index in [0.29, 0.717) is 17.5 Å². The molecule has 0 unspecified atom stereocenters. The maximum atomic E-state index is 6.63. The van der Waals surface area contributed by atoms with Gasteiger partial charge in [-0.1, -0.05) is 182 Å². The zero-order valence-electron chi connectivity index (χ0n) is 33.1. The Kier molecular flexibility index (Phi) is 9.14. The number of hydrogen-bond acceptors (Lipinski definition) is 4. The van der Waals surface area contributed by atoms with E-state index in [1.54, 1.807) is 0 Å². The van der Waals surface area contributed by atoms with Gasteiger partial charge in [0.15, 0.2) is 17.5 Å². The Labute approximate surface area is 354 Å². The first-order valence-corrected chi connectivity index (χ1v) is 20.5. The van der Waals surface area contributed by atoms with Gasteiger partial charge in [0, 0.05) is 27.5 Å². The summed E-state index contributed by atoms with van der Waals surface area (Å²) in [5.41, 5.74) is 15.7. The minimum atomic E-state index is 0.573. The number of nitrogens with zero attached hydrogens (tertiary/aromatic N) is 3. The number of furan rings is 1. The maximum absolute atomic E-state index is 6.63. The minimum Gasteiger partial charge on any atom is -0.456 e. The Balaban J connectivity index is 1.01. The van der Waals surface area contributed by atoms with E-state index in [-0.39, 0.29) is 0 Å². The van der Waals surface area contributed by atoms with Crippen LogP contribution < -0.4 is 0 Å².